The average molecular weight is 215 g/mol. The summed E-state index contributed by atoms with van der Waals surface area (Å²) in [7, 11) is 0. The van der Waals surface area contributed by atoms with Gasteiger partial charge in [-0.3, -0.25) is 9.59 Å². The maximum Gasteiger partial charge on any atom is 0.250 e. The lowest BCUT2D eigenvalue weighted by Crippen LogP contribution is -2.50. The van der Waals surface area contributed by atoms with Gasteiger partial charge in [-0.25, -0.2) is 0 Å². The second kappa shape index (κ2) is 5.67. The van der Waals surface area contributed by atoms with Crippen molar-refractivity contribution in [2.24, 2.45) is 5.73 Å². The van der Waals surface area contributed by atoms with E-state index in [0.717, 1.165) is 12.8 Å². The molecule has 2 atom stereocenters. The third-order valence-electron chi connectivity index (χ3n) is 2.38. The molecular formula is C9H17N3O3. The molecule has 0 saturated carbocycles. The van der Waals surface area contributed by atoms with Crippen molar-refractivity contribution in [3.63, 3.8) is 0 Å². The molecule has 2 amide bonds. The highest BCUT2D eigenvalue weighted by Gasteiger charge is 2.24. The van der Waals surface area contributed by atoms with Crippen LogP contribution in [0.15, 0.2) is 0 Å². The molecule has 1 saturated heterocycles. The van der Waals surface area contributed by atoms with Gasteiger partial charge in [-0.15, -0.1) is 0 Å². The van der Waals surface area contributed by atoms with Crippen molar-refractivity contribution in [3.8, 4) is 0 Å². The van der Waals surface area contributed by atoms with E-state index < -0.39 is 18.1 Å². The van der Waals surface area contributed by atoms with Crippen molar-refractivity contribution in [2.75, 3.05) is 13.1 Å². The first kappa shape index (κ1) is 11.9. The number of nitrogens with two attached hydrogens (primary N) is 1. The molecule has 0 aromatic rings. The highest BCUT2D eigenvalue weighted by molar-refractivity contribution is 5.89. The van der Waals surface area contributed by atoms with Crippen molar-refractivity contribution in [1.82, 2.24) is 10.6 Å². The van der Waals surface area contributed by atoms with Crippen molar-refractivity contribution in [1.29, 1.82) is 0 Å². The van der Waals surface area contributed by atoms with Gasteiger partial charge in [-0.05, 0) is 19.3 Å². The van der Waals surface area contributed by atoms with E-state index >= 15 is 0 Å². The zero-order chi connectivity index (χ0) is 11.3. The van der Waals surface area contributed by atoms with E-state index in [2.05, 4.69) is 10.6 Å². The van der Waals surface area contributed by atoms with Crippen LogP contribution in [0.4, 0.5) is 0 Å². The predicted octanol–water partition coefficient (Wildman–Crippen LogP) is -1.91. The highest BCUT2D eigenvalue weighted by Crippen LogP contribution is 2.05. The minimum absolute atomic E-state index is 0.139. The van der Waals surface area contributed by atoms with Gasteiger partial charge in [0.2, 0.25) is 5.91 Å². The van der Waals surface area contributed by atoms with Crippen LogP contribution in [0.3, 0.4) is 0 Å². The van der Waals surface area contributed by atoms with Crippen LogP contribution in [-0.2, 0) is 9.59 Å². The quantitative estimate of drug-likeness (QED) is 0.441. The third-order valence-corrected chi connectivity index (χ3v) is 2.38. The van der Waals surface area contributed by atoms with Crippen molar-refractivity contribution >= 4 is 11.8 Å². The summed E-state index contributed by atoms with van der Waals surface area (Å²) in [4.78, 5) is 22.7. The first-order valence-corrected chi connectivity index (χ1v) is 5.11. The molecule has 1 heterocycles. The Morgan fingerprint density at radius 1 is 1.67 bits per heavy atom. The van der Waals surface area contributed by atoms with E-state index in [1.807, 2.05) is 0 Å². The molecule has 0 bridgehead atoms. The number of hydrogen-bond donors (Lipinski definition) is 4. The lowest BCUT2D eigenvalue weighted by molar-refractivity contribution is -0.133. The number of hydrogen-bond acceptors (Lipinski definition) is 4. The minimum atomic E-state index is -1.24. The molecule has 5 N–H and O–H groups in total. The van der Waals surface area contributed by atoms with Crippen LogP contribution in [0, 0.1) is 0 Å². The molecule has 0 aromatic heterocycles. The summed E-state index contributed by atoms with van der Waals surface area (Å²) < 4.78 is 0. The standard InChI is InChI=1S/C9H17N3O3/c10-5-7(13)9(15)12-6-3-1-2-4-11-8(6)14/h6-7,13H,1-5,10H2,(H,11,14)(H,12,15)/t6-,7?/m1/s1. The fourth-order valence-corrected chi connectivity index (χ4v) is 1.45. The van der Waals surface area contributed by atoms with Gasteiger partial charge >= 0.3 is 0 Å². The maximum atomic E-state index is 11.4. The summed E-state index contributed by atoms with van der Waals surface area (Å²) in [5.41, 5.74) is 5.13. The van der Waals surface area contributed by atoms with Crippen LogP contribution in [0.25, 0.3) is 0 Å². The van der Waals surface area contributed by atoms with Crippen LogP contribution >= 0.6 is 0 Å². The Kier molecular flexibility index (Phi) is 4.51. The second-order valence-electron chi connectivity index (χ2n) is 3.60. The summed E-state index contributed by atoms with van der Waals surface area (Å²) in [5.74, 6) is -0.773. The Bertz CT molecular complexity index is 245. The lowest BCUT2D eigenvalue weighted by atomic mass is 10.1. The largest absolute Gasteiger partial charge is 0.382 e. The summed E-state index contributed by atoms with van der Waals surface area (Å²) in [6.45, 7) is 0.505. The van der Waals surface area contributed by atoms with E-state index in [-0.39, 0.29) is 12.5 Å². The van der Waals surface area contributed by atoms with E-state index in [1.54, 1.807) is 0 Å². The molecule has 0 aliphatic carbocycles. The highest BCUT2D eigenvalue weighted by atomic mass is 16.3. The Morgan fingerprint density at radius 3 is 3.07 bits per heavy atom. The van der Waals surface area contributed by atoms with Gasteiger partial charge in [0, 0.05) is 13.1 Å². The van der Waals surface area contributed by atoms with E-state index in [1.165, 1.54) is 0 Å². The molecular weight excluding hydrogens is 198 g/mol. The fourth-order valence-electron chi connectivity index (χ4n) is 1.45. The summed E-state index contributed by atoms with van der Waals surface area (Å²) in [6, 6.07) is -0.541. The topological polar surface area (TPSA) is 104 Å². The number of rotatable bonds is 3. The summed E-state index contributed by atoms with van der Waals surface area (Å²) in [5, 5.41) is 14.3. The molecule has 0 radical (unpaired) electrons. The zero-order valence-corrected chi connectivity index (χ0v) is 8.53. The average Bonchev–Trinajstić information content (AvgIpc) is 2.43. The number of carbonyl (C=O) groups is 2. The summed E-state index contributed by atoms with van der Waals surface area (Å²) >= 11 is 0. The number of aliphatic hydroxyl groups excluding tert-OH is 1. The minimum Gasteiger partial charge on any atom is -0.382 e. The molecule has 1 rings (SSSR count). The Hall–Kier alpha value is -1.14. The van der Waals surface area contributed by atoms with Gasteiger partial charge in [0.1, 0.15) is 12.1 Å². The van der Waals surface area contributed by atoms with Crippen LogP contribution in [-0.4, -0.2) is 42.2 Å². The smallest absolute Gasteiger partial charge is 0.250 e. The zero-order valence-electron chi connectivity index (χ0n) is 8.53. The molecule has 1 fully saturated rings. The fraction of sp³-hybridized carbons (Fsp3) is 0.778. The van der Waals surface area contributed by atoms with Gasteiger partial charge in [0.15, 0.2) is 0 Å². The number of amides is 2. The molecule has 86 valence electrons. The van der Waals surface area contributed by atoms with Crippen LogP contribution in [0.2, 0.25) is 0 Å². The molecule has 0 spiro atoms. The molecule has 0 aromatic carbocycles. The van der Waals surface area contributed by atoms with Crippen LogP contribution in [0.1, 0.15) is 19.3 Å². The van der Waals surface area contributed by atoms with Gasteiger partial charge in [0.05, 0.1) is 0 Å². The Labute approximate surface area is 88.2 Å². The molecule has 6 heteroatoms. The van der Waals surface area contributed by atoms with Crippen LogP contribution < -0.4 is 16.4 Å². The SMILES string of the molecule is NCC(O)C(=O)N[C@@H]1CCCCNC1=O. The predicted molar refractivity (Wildman–Crippen MR) is 53.9 cm³/mol. The first-order valence-electron chi connectivity index (χ1n) is 5.11. The maximum absolute atomic E-state index is 11.4. The van der Waals surface area contributed by atoms with Crippen molar-refractivity contribution in [2.45, 2.75) is 31.4 Å². The number of carbonyl (C=O) groups excluding carboxylic acids is 2. The molecule has 1 aliphatic rings. The normalized spacial score (nSPS) is 23.9. The molecule has 6 nitrogen and oxygen atoms in total. The molecule has 1 unspecified atom stereocenters. The number of aliphatic hydroxyl groups is 1. The second-order valence-corrected chi connectivity index (χ2v) is 3.60. The van der Waals surface area contributed by atoms with Gasteiger partial charge in [0.25, 0.3) is 5.91 Å². The third kappa shape index (κ3) is 3.49. The van der Waals surface area contributed by atoms with Crippen molar-refractivity contribution < 1.29 is 14.7 Å². The Balaban J connectivity index is 2.47. The molecule has 15 heavy (non-hydrogen) atoms. The monoisotopic (exact) mass is 215 g/mol. The van der Waals surface area contributed by atoms with Gasteiger partial charge < -0.3 is 21.5 Å². The van der Waals surface area contributed by atoms with Crippen molar-refractivity contribution in [3.05, 3.63) is 0 Å². The Morgan fingerprint density at radius 2 is 2.40 bits per heavy atom. The van der Waals surface area contributed by atoms with E-state index in [4.69, 9.17) is 10.8 Å². The first-order chi connectivity index (χ1) is 7.15. The summed E-state index contributed by atoms with van der Waals surface area (Å²) in [6.07, 6.45) is 1.16. The van der Waals surface area contributed by atoms with E-state index in [0.29, 0.717) is 13.0 Å². The van der Waals surface area contributed by atoms with Crippen LogP contribution in [0.5, 0.6) is 0 Å². The lowest BCUT2D eigenvalue weighted by Gasteiger charge is -2.16. The van der Waals surface area contributed by atoms with E-state index in [9.17, 15) is 9.59 Å². The number of nitrogens with one attached hydrogen (secondary N) is 2. The molecule has 1 aliphatic heterocycles. The van der Waals surface area contributed by atoms with Gasteiger partial charge in [-0.2, -0.15) is 0 Å². The van der Waals surface area contributed by atoms with Gasteiger partial charge in [-0.1, -0.05) is 0 Å².